The fraction of sp³-hybridized carbons (Fsp3) is 0.310. The molecule has 2 saturated carbocycles. The maximum Gasteiger partial charge on any atom is 0.237 e. The lowest BCUT2D eigenvalue weighted by molar-refractivity contribution is -0.123. The van der Waals surface area contributed by atoms with Gasteiger partial charge in [0, 0.05) is 5.02 Å². The number of imide groups is 1. The molecule has 3 aromatic carbocycles. The summed E-state index contributed by atoms with van der Waals surface area (Å²) in [5.41, 5.74) is 4.45. The Hall–Kier alpha value is -2.82. The molecule has 2 amide bonds. The Labute approximate surface area is 214 Å². The molecule has 5 atom stereocenters. The molecule has 178 valence electrons. The largest absolute Gasteiger partial charge is 0.456 e. The van der Waals surface area contributed by atoms with Crippen LogP contribution in [-0.4, -0.2) is 11.8 Å². The van der Waals surface area contributed by atoms with Crippen LogP contribution in [0.15, 0.2) is 60.7 Å². The molecule has 1 heterocycles. The van der Waals surface area contributed by atoms with Gasteiger partial charge in [-0.15, -0.1) is 0 Å². The average Bonchev–Trinajstić information content (AvgIpc) is 3.49. The van der Waals surface area contributed by atoms with Crippen LogP contribution in [-0.2, 0) is 9.59 Å². The van der Waals surface area contributed by atoms with E-state index < -0.39 is 0 Å². The summed E-state index contributed by atoms with van der Waals surface area (Å²) < 4.78 is 5.86. The van der Waals surface area contributed by atoms with E-state index in [2.05, 4.69) is 32.0 Å². The van der Waals surface area contributed by atoms with E-state index in [9.17, 15) is 9.59 Å². The predicted octanol–water partition coefficient (Wildman–Crippen LogP) is 7.33. The first-order valence-corrected chi connectivity index (χ1v) is 12.8. The lowest BCUT2D eigenvalue weighted by atomic mass is 9.72. The van der Waals surface area contributed by atoms with Crippen molar-refractivity contribution in [2.75, 3.05) is 4.90 Å². The second kappa shape index (κ2) is 8.39. The predicted molar refractivity (Wildman–Crippen MR) is 137 cm³/mol. The molecule has 5 unspecified atom stereocenters. The van der Waals surface area contributed by atoms with Crippen molar-refractivity contribution in [3.8, 4) is 11.5 Å². The van der Waals surface area contributed by atoms with E-state index in [4.69, 9.17) is 27.9 Å². The zero-order valence-electron chi connectivity index (χ0n) is 19.5. The molecule has 0 spiro atoms. The maximum atomic E-state index is 13.6. The Morgan fingerprint density at radius 3 is 2.34 bits per heavy atom. The summed E-state index contributed by atoms with van der Waals surface area (Å²) in [4.78, 5) is 28.5. The highest BCUT2D eigenvalue weighted by Crippen LogP contribution is 2.62. The molecule has 3 aliphatic rings. The van der Waals surface area contributed by atoms with Gasteiger partial charge in [0.25, 0.3) is 0 Å². The van der Waals surface area contributed by atoms with Gasteiger partial charge in [0.2, 0.25) is 11.8 Å². The normalized spacial score (nSPS) is 27.0. The third kappa shape index (κ3) is 3.66. The fourth-order valence-electron chi connectivity index (χ4n) is 6.58. The first-order valence-electron chi connectivity index (χ1n) is 12.0. The Balaban J connectivity index is 1.24. The molecule has 4 nitrogen and oxygen atoms in total. The lowest BCUT2D eigenvalue weighted by Crippen LogP contribution is -2.32. The van der Waals surface area contributed by atoms with Crippen LogP contribution >= 0.6 is 23.2 Å². The maximum absolute atomic E-state index is 13.6. The highest BCUT2D eigenvalue weighted by atomic mass is 35.5. The first kappa shape index (κ1) is 22.6. The molecule has 0 aromatic heterocycles. The summed E-state index contributed by atoms with van der Waals surface area (Å²) in [5.74, 6) is 1.35. The second-order valence-corrected chi connectivity index (χ2v) is 10.9. The standard InChI is InChI=1S/C29H25Cl2NO3/c1-15-3-4-16(2)21(11-15)22-12-17-13-23(22)27-26(17)28(33)32(29(27)34)19-6-8-20(9-7-19)35-25-10-5-18(30)14-24(25)31/h3-11,14,17,22-23,26-27H,12-13H2,1-2H3. The molecular formula is C29H25Cl2NO3. The van der Waals surface area contributed by atoms with Crippen LogP contribution in [0.25, 0.3) is 0 Å². The van der Waals surface area contributed by atoms with E-state index in [1.807, 2.05) is 0 Å². The number of anilines is 1. The van der Waals surface area contributed by atoms with E-state index in [-0.39, 0.29) is 35.5 Å². The van der Waals surface area contributed by atoms with E-state index in [1.54, 1.807) is 42.5 Å². The second-order valence-electron chi connectivity index (χ2n) is 10.1. The molecule has 0 N–H and O–H groups in total. The number of rotatable bonds is 4. The van der Waals surface area contributed by atoms with Gasteiger partial charge in [-0.25, -0.2) is 0 Å². The smallest absolute Gasteiger partial charge is 0.237 e. The minimum atomic E-state index is -0.227. The van der Waals surface area contributed by atoms with Gasteiger partial charge in [0.15, 0.2) is 0 Å². The third-order valence-electron chi connectivity index (χ3n) is 8.07. The number of carbonyl (C=O) groups excluding carboxylic acids is 2. The zero-order chi connectivity index (χ0) is 24.4. The minimum absolute atomic E-state index is 0.0543. The number of aryl methyl sites for hydroxylation is 2. The van der Waals surface area contributed by atoms with Crippen molar-refractivity contribution in [1.82, 2.24) is 0 Å². The number of halogens is 2. The highest BCUT2D eigenvalue weighted by Gasteiger charge is 2.64. The number of amides is 2. The molecule has 1 saturated heterocycles. The molecule has 35 heavy (non-hydrogen) atoms. The Bertz CT molecular complexity index is 1350. The van der Waals surface area contributed by atoms with Crippen LogP contribution in [0.1, 0.15) is 35.4 Å². The van der Waals surface area contributed by atoms with Crippen LogP contribution in [0.2, 0.25) is 10.0 Å². The molecule has 3 fully saturated rings. The van der Waals surface area contributed by atoms with Gasteiger partial charge in [0.1, 0.15) is 11.5 Å². The number of fused-ring (bicyclic) bond motifs is 5. The van der Waals surface area contributed by atoms with Crippen LogP contribution in [0, 0.1) is 37.5 Å². The van der Waals surface area contributed by atoms with Crippen molar-refractivity contribution in [3.05, 3.63) is 87.4 Å². The number of hydrogen-bond donors (Lipinski definition) is 0. The molecule has 6 heteroatoms. The van der Waals surface area contributed by atoms with Crippen molar-refractivity contribution in [2.24, 2.45) is 23.7 Å². The third-order valence-corrected chi connectivity index (χ3v) is 8.60. The molecule has 6 rings (SSSR count). The number of ether oxygens (including phenoxy) is 1. The minimum Gasteiger partial charge on any atom is -0.456 e. The molecule has 0 radical (unpaired) electrons. The van der Waals surface area contributed by atoms with E-state index in [0.29, 0.717) is 33.1 Å². The van der Waals surface area contributed by atoms with Crippen molar-refractivity contribution < 1.29 is 14.3 Å². The van der Waals surface area contributed by atoms with Gasteiger partial charge in [-0.05, 0) is 98.0 Å². The van der Waals surface area contributed by atoms with E-state index in [0.717, 1.165) is 12.8 Å². The monoisotopic (exact) mass is 505 g/mol. The summed E-state index contributed by atoms with van der Waals surface area (Å²) >= 11 is 12.2. The van der Waals surface area contributed by atoms with Gasteiger partial charge < -0.3 is 4.74 Å². The summed E-state index contributed by atoms with van der Waals surface area (Å²) in [6, 6.07) is 18.6. The number of benzene rings is 3. The van der Waals surface area contributed by atoms with Crippen molar-refractivity contribution in [2.45, 2.75) is 32.6 Å². The van der Waals surface area contributed by atoms with Crippen molar-refractivity contribution in [1.29, 1.82) is 0 Å². The summed E-state index contributed by atoms with van der Waals surface area (Å²) in [7, 11) is 0. The number of carbonyl (C=O) groups is 2. The first-order chi connectivity index (χ1) is 16.8. The molecule has 2 aliphatic carbocycles. The lowest BCUT2D eigenvalue weighted by Gasteiger charge is -2.30. The zero-order valence-corrected chi connectivity index (χ0v) is 21.0. The quantitative estimate of drug-likeness (QED) is 0.348. The number of nitrogens with zero attached hydrogens (tertiary/aromatic N) is 1. The van der Waals surface area contributed by atoms with Crippen LogP contribution < -0.4 is 9.64 Å². The fourth-order valence-corrected chi connectivity index (χ4v) is 7.03. The Morgan fingerprint density at radius 2 is 1.60 bits per heavy atom. The molecule has 3 aromatic rings. The van der Waals surface area contributed by atoms with Crippen molar-refractivity contribution >= 4 is 40.7 Å². The van der Waals surface area contributed by atoms with Crippen LogP contribution in [0.4, 0.5) is 5.69 Å². The van der Waals surface area contributed by atoms with Gasteiger partial charge in [-0.1, -0.05) is 47.0 Å². The highest BCUT2D eigenvalue weighted by molar-refractivity contribution is 6.35. The van der Waals surface area contributed by atoms with Gasteiger partial charge in [-0.2, -0.15) is 0 Å². The molecule has 2 bridgehead atoms. The van der Waals surface area contributed by atoms with Gasteiger partial charge in [0.05, 0.1) is 22.5 Å². The molecular weight excluding hydrogens is 481 g/mol. The van der Waals surface area contributed by atoms with Gasteiger partial charge in [-0.3, -0.25) is 14.5 Å². The summed E-state index contributed by atoms with van der Waals surface area (Å²) in [5, 5.41) is 0.941. The van der Waals surface area contributed by atoms with Gasteiger partial charge >= 0.3 is 0 Å². The van der Waals surface area contributed by atoms with Crippen LogP contribution in [0.5, 0.6) is 11.5 Å². The SMILES string of the molecule is Cc1ccc(C)c(C2CC3CC2C2C(=O)N(c4ccc(Oc5ccc(Cl)cc5Cl)cc4)C(=O)C32)c1. The Morgan fingerprint density at radius 1 is 0.857 bits per heavy atom. The Kier molecular flexibility index (Phi) is 5.43. The van der Waals surface area contributed by atoms with E-state index >= 15 is 0 Å². The average molecular weight is 506 g/mol. The van der Waals surface area contributed by atoms with Crippen LogP contribution in [0.3, 0.4) is 0 Å². The number of hydrogen-bond acceptors (Lipinski definition) is 3. The topological polar surface area (TPSA) is 46.6 Å². The van der Waals surface area contributed by atoms with Crippen molar-refractivity contribution in [3.63, 3.8) is 0 Å². The summed E-state index contributed by atoms with van der Waals surface area (Å²) in [6.45, 7) is 4.26. The molecule has 1 aliphatic heterocycles. The summed E-state index contributed by atoms with van der Waals surface area (Å²) in [6.07, 6.45) is 1.95. The van der Waals surface area contributed by atoms with E-state index in [1.165, 1.54) is 21.6 Å².